The van der Waals surface area contributed by atoms with Crippen LogP contribution in [0.4, 0.5) is 0 Å². The second-order valence-corrected chi connectivity index (χ2v) is 4.58. The molecule has 2 N–H and O–H groups in total. The molecule has 0 spiro atoms. The highest BCUT2D eigenvalue weighted by molar-refractivity contribution is 7.10. The number of carbonyl (C=O) groups is 1. The molecule has 88 valence electrons. The van der Waals surface area contributed by atoms with Gasteiger partial charge in [0.1, 0.15) is 5.75 Å². The molecule has 0 saturated heterocycles. The van der Waals surface area contributed by atoms with Crippen LogP contribution in [0.3, 0.4) is 0 Å². The van der Waals surface area contributed by atoms with Gasteiger partial charge < -0.3 is 10.4 Å². The van der Waals surface area contributed by atoms with E-state index < -0.39 is 0 Å². The number of thiophene rings is 1. The molecule has 0 radical (unpaired) electrons. The second-order valence-electron chi connectivity index (χ2n) is 3.60. The second kappa shape index (κ2) is 4.97. The molecule has 0 aliphatic heterocycles. The van der Waals surface area contributed by atoms with Crippen molar-refractivity contribution in [1.29, 1.82) is 0 Å². The number of aromatic hydroxyl groups is 1. The van der Waals surface area contributed by atoms with Gasteiger partial charge in [0.05, 0.1) is 17.8 Å². The van der Waals surface area contributed by atoms with Gasteiger partial charge in [-0.05, 0) is 24.4 Å². The molecule has 0 aliphatic carbocycles. The van der Waals surface area contributed by atoms with Crippen LogP contribution in [0.1, 0.15) is 28.2 Å². The zero-order valence-corrected chi connectivity index (χ0v) is 10.1. The lowest BCUT2D eigenvalue weighted by molar-refractivity contribution is 0.0937. The number of hydrogen-bond acceptors (Lipinski definition) is 4. The van der Waals surface area contributed by atoms with Gasteiger partial charge in [0, 0.05) is 11.1 Å². The van der Waals surface area contributed by atoms with Gasteiger partial charge in [-0.1, -0.05) is 6.07 Å². The number of rotatable bonds is 3. The molecule has 4 nitrogen and oxygen atoms in total. The highest BCUT2D eigenvalue weighted by Crippen LogP contribution is 2.20. The van der Waals surface area contributed by atoms with Gasteiger partial charge in [0.2, 0.25) is 0 Å². The molecule has 0 saturated carbocycles. The number of pyridine rings is 1. The van der Waals surface area contributed by atoms with Crippen LogP contribution in [-0.4, -0.2) is 16.0 Å². The lowest BCUT2D eigenvalue weighted by atomic mass is 10.2. The summed E-state index contributed by atoms with van der Waals surface area (Å²) < 4.78 is 0. The normalized spacial score (nSPS) is 12.1. The minimum atomic E-state index is -0.300. The third-order valence-electron chi connectivity index (χ3n) is 2.36. The molecule has 2 aromatic heterocycles. The van der Waals surface area contributed by atoms with E-state index in [-0.39, 0.29) is 23.3 Å². The Morgan fingerprint density at radius 2 is 2.35 bits per heavy atom. The molecular formula is C12H12N2O2S. The van der Waals surface area contributed by atoms with Crippen molar-refractivity contribution in [2.45, 2.75) is 13.0 Å². The van der Waals surface area contributed by atoms with Crippen molar-refractivity contribution in [1.82, 2.24) is 10.3 Å². The summed E-state index contributed by atoms with van der Waals surface area (Å²) in [7, 11) is 0. The predicted octanol–water partition coefficient (Wildman–Crippen LogP) is 2.34. The van der Waals surface area contributed by atoms with E-state index in [0.29, 0.717) is 0 Å². The van der Waals surface area contributed by atoms with Gasteiger partial charge in [-0.15, -0.1) is 11.3 Å². The first-order valence-electron chi connectivity index (χ1n) is 5.15. The third-order valence-corrected chi connectivity index (χ3v) is 3.42. The van der Waals surface area contributed by atoms with Gasteiger partial charge in [0.15, 0.2) is 0 Å². The Hall–Kier alpha value is -1.88. The van der Waals surface area contributed by atoms with Crippen molar-refractivity contribution >= 4 is 17.2 Å². The molecule has 1 amide bonds. The van der Waals surface area contributed by atoms with E-state index >= 15 is 0 Å². The van der Waals surface area contributed by atoms with Crippen molar-refractivity contribution in [2.75, 3.05) is 0 Å². The Kier molecular flexibility index (Phi) is 3.39. The predicted molar refractivity (Wildman–Crippen MR) is 66.1 cm³/mol. The van der Waals surface area contributed by atoms with Crippen LogP contribution in [0, 0.1) is 0 Å². The van der Waals surface area contributed by atoms with Crippen molar-refractivity contribution in [3.8, 4) is 5.75 Å². The third kappa shape index (κ3) is 2.62. The fraction of sp³-hybridized carbons (Fsp3) is 0.167. The Morgan fingerprint density at radius 3 is 3.00 bits per heavy atom. The maximum Gasteiger partial charge on any atom is 0.255 e. The van der Waals surface area contributed by atoms with Gasteiger partial charge >= 0.3 is 0 Å². The number of nitrogens with zero attached hydrogens (tertiary/aromatic N) is 1. The average Bonchev–Trinajstić information content (AvgIpc) is 2.82. The summed E-state index contributed by atoms with van der Waals surface area (Å²) >= 11 is 1.58. The summed E-state index contributed by atoms with van der Waals surface area (Å²) in [4.78, 5) is 16.7. The lowest BCUT2D eigenvalue weighted by Gasteiger charge is -2.12. The molecule has 0 fully saturated rings. The Morgan fingerprint density at radius 1 is 1.53 bits per heavy atom. The largest absolute Gasteiger partial charge is 0.505 e. The minimum absolute atomic E-state index is 0.0740. The zero-order chi connectivity index (χ0) is 12.3. The van der Waals surface area contributed by atoms with E-state index in [1.54, 1.807) is 11.3 Å². The molecule has 17 heavy (non-hydrogen) atoms. The van der Waals surface area contributed by atoms with Crippen molar-refractivity contribution < 1.29 is 9.90 Å². The highest BCUT2D eigenvalue weighted by atomic mass is 32.1. The first-order chi connectivity index (χ1) is 8.18. The first-order valence-corrected chi connectivity index (χ1v) is 6.03. The van der Waals surface area contributed by atoms with Crippen LogP contribution in [0.2, 0.25) is 0 Å². The number of amides is 1. The molecule has 2 aromatic rings. The SMILES string of the molecule is CC(NC(=O)c1ccncc1O)c1cccs1. The maximum atomic E-state index is 11.9. The maximum absolute atomic E-state index is 11.9. The molecule has 5 heteroatoms. The monoisotopic (exact) mass is 248 g/mol. The van der Waals surface area contributed by atoms with E-state index in [2.05, 4.69) is 10.3 Å². The fourth-order valence-corrected chi connectivity index (χ4v) is 2.20. The van der Waals surface area contributed by atoms with Crippen LogP contribution in [-0.2, 0) is 0 Å². The number of aromatic nitrogens is 1. The van der Waals surface area contributed by atoms with Gasteiger partial charge in [-0.2, -0.15) is 0 Å². The summed E-state index contributed by atoms with van der Waals surface area (Å²) in [6, 6.07) is 5.32. The molecule has 0 aliphatic rings. The highest BCUT2D eigenvalue weighted by Gasteiger charge is 2.14. The standard InChI is InChI=1S/C12H12N2O2S/c1-8(11-3-2-6-17-11)14-12(16)9-4-5-13-7-10(9)15/h2-8,15H,1H3,(H,14,16). The smallest absolute Gasteiger partial charge is 0.255 e. The van der Waals surface area contributed by atoms with E-state index in [1.165, 1.54) is 18.5 Å². The Bertz CT molecular complexity index is 511. The number of hydrogen-bond donors (Lipinski definition) is 2. The fourth-order valence-electron chi connectivity index (χ4n) is 1.46. The van der Waals surface area contributed by atoms with E-state index in [0.717, 1.165) is 4.88 Å². The first kappa shape index (κ1) is 11.6. The molecular weight excluding hydrogens is 236 g/mol. The summed E-state index contributed by atoms with van der Waals surface area (Å²) in [5.74, 6) is -0.408. The van der Waals surface area contributed by atoms with Crippen LogP contribution in [0.25, 0.3) is 0 Å². The van der Waals surface area contributed by atoms with E-state index in [4.69, 9.17) is 0 Å². The van der Waals surface area contributed by atoms with E-state index in [1.807, 2.05) is 24.4 Å². The Labute approximate surface area is 103 Å². The quantitative estimate of drug-likeness (QED) is 0.876. The lowest BCUT2D eigenvalue weighted by Crippen LogP contribution is -2.26. The summed E-state index contributed by atoms with van der Waals surface area (Å²) in [5.41, 5.74) is 0.239. The molecule has 2 rings (SSSR count). The molecule has 2 heterocycles. The molecule has 1 unspecified atom stereocenters. The van der Waals surface area contributed by atoms with Crippen LogP contribution >= 0.6 is 11.3 Å². The summed E-state index contributed by atoms with van der Waals surface area (Å²) in [5, 5.41) is 14.3. The molecule has 0 aromatic carbocycles. The molecule has 1 atom stereocenters. The van der Waals surface area contributed by atoms with Crippen molar-refractivity contribution in [3.05, 3.63) is 46.4 Å². The average molecular weight is 248 g/mol. The van der Waals surface area contributed by atoms with Crippen molar-refractivity contribution in [3.63, 3.8) is 0 Å². The summed E-state index contributed by atoms with van der Waals surface area (Å²) in [6.07, 6.45) is 2.73. The van der Waals surface area contributed by atoms with E-state index in [9.17, 15) is 9.90 Å². The minimum Gasteiger partial charge on any atom is -0.505 e. The van der Waals surface area contributed by atoms with Gasteiger partial charge in [-0.25, -0.2) is 0 Å². The molecule has 0 bridgehead atoms. The topological polar surface area (TPSA) is 62.2 Å². The van der Waals surface area contributed by atoms with Crippen LogP contribution in [0.15, 0.2) is 36.0 Å². The number of nitrogens with one attached hydrogen (secondary N) is 1. The number of carbonyl (C=O) groups excluding carboxylic acids is 1. The van der Waals surface area contributed by atoms with Gasteiger partial charge in [-0.3, -0.25) is 9.78 Å². The van der Waals surface area contributed by atoms with Crippen molar-refractivity contribution in [2.24, 2.45) is 0 Å². The zero-order valence-electron chi connectivity index (χ0n) is 9.25. The van der Waals surface area contributed by atoms with Gasteiger partial charge in [0.25, 0.3) is 5.91 Å². The van der Waals surface area contributed by atoms with Crippen LogP contribution in [0.5, 0.6) is 5.75 Å². The Balaban J connectivity index is 2.10. The van der Waals surface area contributed by atoms with Crippen LogP contribution < -0.4 is 5.32 Å². The summed E-state index contributed by atoms with van der Waals surface area (Å²) in [6.45, 7) is 1.90.